The van der Waals surface area contributed by atoms with Crippen LogP contribution in [0.4, 0.5) is 14.5 Å². The smallest absolute Gasteiger partial charge is 0.257 e. The molecule has 1 aromatic heterocycles. The minimum atomic E-state index is -2.51. The summed E-state index contributed by atoms with van der Waals surface area (Å²) in [6.45, 7) is -0.525. The number of rotatable bonds is 4. The summed E-state index contributed by atoms with van der Waals surface area (Å²) in [4.78, 5) is 11.9. The molecule has 4 nitrogen and oxygen atoms in total. The molecule has 0 aliphatic heterocycles. The number of carbonyl (C=O) groups excluding carboxylic acids is 1. The molecule has 0 fully saturated rings. The van der Waals surface area contributed by atoms with Gasteiger partial charge in [-0.2, -0.15) is 5.10 Å². The van der Waals surface area contributed by atoms with E-state index in [2.05, 4.69) is 10.4 Å². The number of hydrogen-bond acceptors (Lipinski definition) is 2. The summed E-state index contributed by atoms with van der Waals surface area (Å²) in [7, 11) is 0. The molecule has 0 unspecified atom stereocenters. The van der Waals surface area contributed by atoms with Crippen molar-refractivity contribution in [2.75, 3.05) is 5.32 Å². The fraction of sp³-hybridized carbons (Fsp3) is 0.167. The van der Waals surface area contributed by atoms with Crippen LogP contribution in [-0.4, -0.2) is 22.1 Å². The van der Waals surface area contributed by atoms with Crippen LogP contribution in [0.2, 0.25) is 10.0 Å². The number of anilines is 1. The number of benzene rings is 1. The van der Waals surface area contributed by atoms with E-state index in [9.17, 15) is 13.6 Å². The van der Waals surface area contributed by atoms with Crippen LogP contribution in [0.1, 0.15) is 10.4 Å². The Morgan fingerprint density at radius 3 is 2.75 bits per heavy atom. The van der Waals surface area contributed by atoms with E-state index in [0.29, 0.717) is 16.3 Å². The minimum Gasteiger partial charge on any atom is -0.319 e. The van der Waals surface area contributed by atoms with E-state index in [-0.39, 0.29) is 5.02 Å². The van der Waals surface area contributed by atoms with Gasteiger partial charge >= 0.3 is 0 Å². The van der Waals surface area contributed by atoms with Gasteiger partial charge in [-0.25, -0.2) is 8.78 Å². The maximum absolute atomic E-state index is 12.2. The Morgan fingerprint density at radius 2 is 2.10 bits per heavy atom. The van der Waals surface area contributed by atoms with Crippen molar-refractivity contribution in [1.82, 2.24) is 9.78 Å². The normalized spacial score (nSPS) is 10.8. The molecule has 1 aromatic carbocycles. The quantitative estimate of drug-likeness (QED) is 0.933. The molecule has 1 N–H and O–H groups in total. The first kappa shape index (κ1) is 14.7. The number of alkyl halides is 2. The molecule has 20 heavy (non-hydrogen) atoms. The van der Waals surface area contributed by atoms with Gasteiger partial charge in [0.2, 0.25) is 0 Å². The van der Waals surface area contributed by atoms with Crippen LogP contribution in [0.5, 0.6) is 0 Å². The molecule has 106 valence electrons. The van der Waals surface area contributed by atoms with Gasteiger partial charge in [-0.3, -0.25) is 9.48 Å². The van der Waals surface area contributed by atoms with Gasteiger partial charge in [0.15, 0.2) is 0 Å². The zero-order valence-corrected chi connectivity index (χ0v) is 11.5. The Balaban J connectivity index is 2.07. The number of aromatic nitrogens is 2. The van der Waals surface area contributed by atoms with Crippen LogP contribution < -0.4 is 5.32 Å². The van der Waals surface area contributed by atoms with E-state index in [1.807, 2.05) is 0 Å². The van der Waals surface area contributed by atoms with Crippen molar-refractivity contribution < 1.29 is 13.6 Å². The van der Waals surface area contributed by atoms with Crippen molar-refractivity contribution in [2.45, 2.75) is 13.0 Å². The predicted molar refractivity (Wildman–Crippen MR) is 72.6 cm³/mol. The second-order valence-corrected chi connectivity index (χ2v) is 4.74. The predicted octanol–water partition coefficient (Wildman–Crippen LogP) is 3.71. The van der Waals surface area contributed by atoms with E-state index >= 15 is 0 Å². The second kappa shape index (κ2) is 6.19. The Bertz CT molecular complexity index is 631. The lowest BCUT2D eigenvalue weighted by Gasteiger charge is -2.04. The Kier molecular flexibility index (Phi) is 4.57. The van der Waals surface area contributed by atoms with E-state index in [1.54, 1.807) is 0 Å². The van der Waals surface area contributed by atoms with Crippen LogP contribution >= 0.6 is 23.2 Å². The number of halogens is 4. The molecule has 0 saturated heterocycles. The lowest BCUT2D eigenvalue weighted by atomic mass is 10.2. The van der Waals surface area contributed by atoms with Gasteiger partial charge < -0.3 is 5.32 Å². The number of hydrogen-bond donors (Lipinski definition) is 1. The number of nitrogens with zero attached hydrogens (tertiary/aromatic N) is 2. The highest BCUT2D eigenvalue weighted by Crippen LogP contribution is 2.23. The van der Waals surface area contributed by atoms with Crippen LogP contribution in [0.25, 0.3) is 0 Å². The van der Waals surface area contributed by atoms with Crippen LogP contribution in [0.3, 0.4) is 0 Å². The van der Waals surface area contributed by atoms with Crippen molar-refractivity contribution in [3.63, 3.8) is 0 Å². The van der Waals surface area contributed by atoms with Crippen molar-refractivity contribution in [2.24, 2.45) is 0 Å². The molecule has 0 aliphatic carbocycles. The summed E-state index contributed by atoms with van der Waals surface area (Å²) in [5, 5.41) is 6.84. The number of amides is 1. The summed E-state index contributed by atoms with van der Waals surface area (Å²) in [5.74, 6) is -0.430. The molecular formula is C12H9Cl2F2N3O. The van der Waals surface area contributed by atoms with Gasteiger partial charge in [0.25, 0.3) is 12.3 Å². The van der Waals surface area contributed by atoms with Crippen LogP contribution in [-0.2, 0) is 6.54 Å². The third-order valence-corrected chi connectivity index (χ3v) is 3.14. The molecule has 0 spiro atoms. The first-order chi connectivity index (χ1) is 9.45. The highest BCUT2D eigenvalue weighted by atomic mass is 35.5. The lowest BCUT2D eigenvalue weighted by Crippen LogP contribution is -2.11. The standard InChI is InChI=1S/C12H9Cl2F2N3O/c13-9-2-1-7(3-10(9)14)12(20)18-8-4-17-19(5-8)6-11(15)16/h1-5,11H,6H2,(H,18,20). The van der Waals surface area contributed by atoms with Crippen molar-refractivity contribution >= 4 is 34.8 Å². The molecule has 2 rings (SSSR count). The molecule has 0 radical (unpaired) electrons. The molecule has 0 atom stereocenters. The maximum Gasteiger partial charge on any atom is 0.257 e. The molecule has 1 heterocycles. The highest BCUT2D eigenvalue weighted by molar-refractivity contribution is 6.42. The third kappa shape index (κ3) is 3.68. The zero-order chi connectivity index (χ0) is 14.7. The molecule has 0 bridgehead atoms. The van der Waals surface area contributed by atoms with Crippen LogP contribution in [0, 0.1) is 0 Å². The molecule has 0 aliphatic rings. The summed E-state index contributed by atoms with van der Waals surface area (Å²) < 4.78 is 25.4. The van der Waals surface area contributed by atoms with Gasteiger partial charge in [-0.15, -0.1) is 0 Å². The first-order valence-electron chi connectivity index (χ1n) is 5.52. The second-order valence-electron chi connectivity index (χ2n) is 3.93. The summed E-state index contributed by atoms with van der Waals surface area (Å²) in [6, 6.07) is 4.43. The SMILES string of the molecule is O=C(Nc1cnn(CC(F)F)c1)c1ccc(Cl)c(Cl)c1. The molecule has 2 aromatic rings. The summed E-state index contributed by atoms with van der Waals surface area (Å²) in [6.07, 6.45) is 0.105. The largest absolute Gasteiger partial charge is 0.319 e. The van der Waals surface area contributed by atoms with E-state index in [1.165, 1.54) is 30.6 Å². The molecular weight excluding hydrogens is 311 g/mol. The van der Waals surface area contributed by atoms with Gasteiger partial charge in [-0.05, 0) is 18.2 Å². The lowest BCUT2D eigenvalue weighted by molar-refractivity contribution is 0.102. The molecule has 0 saturated carbocycles. The summed E-state index contributed by atoms with van der Waals surface area (Å²) >= 11 is 11.6. The zero-order valence-electron chi connectivity index (χ0n) is 9.99. The average molecular weight is 320 g/mol. The van der Waals surface area contributed by atoms with Gasteiger partial charge in [0, 0.05) is 11.8 Å². The van der Waals surface area contributed by atoms with Gasteiger partial charge in [0.1, 0.15) is 6.54 Å². The molecule has 1 amide bonds. The van der Waals surface area contributed by atoms with Crippen molar-refractivity contribution in [1.29, 1.82) is 0 Å². The first-order valence-corrected chi connectivity index (χ1v) is 6.28. The Labute approximate surface area is 123 Å². The van der Waals surface area contributed by atoms with Crippen LogP contribution in [0.15, 0.2) is 30.6 Å². The fourth-order valence-corrected chi connectivity index (χ4v) is 1.81. The number of nitrogens with one attached hydrogen (secondary N) is 1. The Morgan fingerprint density at radius 1 is 1.35 bits per heavy atom. The third-order valence-electron chi connectivity index (χ3n) is 2.40. The Hall–Kier alpha value is -1.66. The van der Waals surface area contributed by atoms with E-state index < -0.39 is 18.9 Å². The van der Waals surface area contributed by atoms with Crippen molar-refractivity contribution in [3.8, 4) is 0 Å². The van der Waals surface area contributed by atoms with Crippen molar-refractivity contribution in [3.05, 3.63) is 46.2 Å². The van der Waals surface area contributed by atoms with E-state index in [0.717, 1.165) is 4.68 Å². The number of carbonyl (C=O) groups is 1. The monoisotopic (exact) mass is 319 g/mol. The van der Waals surface area contributed by atoms with Gasteiger partial charge in [-0.1, -0.05) is 23.2 Å². The van der Waals surface area contributed by atoms with Gasteiger partial charge in [0.05, 0.1) is 21.9 Å². The minimum absolute atomic E-state index is 0.257. The average Bonchev–Trinajstić information content (AvgIpc) is 2.79. The maximum atomic E-state index is 12.2. The van der Waals surface area contributed by atoms with E-state index in [4.69, 9.17) is 23.2 Å². The highest BCUT2D eigenvalue weighted by Gasteiger charge is 2.11. The molecule has 8 heteroatoms. The summed E-state index contributed by atoms with van der Waals surface area (Å²) in [5.41, 5.74) is 0.628. The topological polar surface area (TPSA) is 46.9 Å². The fourth-order valence-electron chi connectivity index (χ4n) is 1.51.